The third-order valence-electron chi connectivity index (χ3n) is 4.54. The Morgan fingerprint density at radius 3 is 2.07 bits per heavy atom. The van der Waals surface area contributed by atoms with Crippen molar-refractivity contribution in [1.29, 1.82) is 0 Å². The smallest absolute Gasteiger partial charge is 0.224 e. The van der Waals surface area contributed by atoms with E-state index in [1.54, 1.807) is 33.5 Å². The summed E-state index contributed by atoms with van der Waals surface area (Å²) < 4.78 is 16.0. The second-order valence-electron chi connectivity index (χ2n) is 6.88. The minimum atomic E-state index is -0.0604. The molecule has 28 heavy (non-hydrogen) atoms. The van der Waals surface area contributed by atoms with Crippen molar-refractivity contribution >= 4 is 11.6 Å². The maximum atomic E-state index is 12.5. The van der Waals surface area contributed by atoms with Crippen LogP contribution in [0.1, 0.15) is 19.4 Å². The summed E-state index contributed by atoms with van der Waals surface area (Å²) in [6.45, 7) is 4.80. The number of amides is 1. The Kier molecular flexibility index (Phi) is 7.99. The fourth-order valence-corrected chi connectivity index (χ4v) is 2.91. The van der Waals surface area contributed by atoms with Crippen molar-refractivity contribution in [3.63, 3.8) is 0 Å². The van der Waals surface area contributed by atoms with Gasteiger partial charge in [0, 0.05) is 18.3 Å². The van der Waals surface area contributed by atoms with E-state index in [-0.39, 0.29) is 18.4 Å². The van der Waals surface area contributed by atoms with Crippen LogP contribution in [-0.2, 0) is 11.2 Å². The molecule has 2 rings (SSSR count). The first-order chi connectivity index (χ1) is 13.5. The maximum Gasteiger partial charge on any atom is 0.224 e. The highest BCUT2D eigenvalue weighted by Gasteiger charge is 2.17. The van der Waals surface area contributed by atoms with Gasteiger partial charge in [0.05, 0.1) is 27.8 Å². The van der Waals surface area contributed by atoms with Gasteiger partial charge < -0.3 is 24.8 Å². The fourth-order valence-electron chi connectivity index (χ4n) is 2.91. The van der Waals surface area contributed by atoms with Crippen LogP contribution in [0.5, 0.6) is 17.2 Å². The number of methoxy groups -OCH3 is 3. The number of carbonyl (C=O) groups excluding carboxylic acids is 1. The lowest BCUT2D eigenvalue weighted by Gasteiger charge is -2.24. The van der Waals surface area contributed by atoms with Gasteiger partial charge in [0.25, 0.3) is 0 Å². The monoisotopic (exact) mass is 386 g/mol. The van der Waals surface area contributed by atoms with E-state index in [2.05, 4.69) is 24.5 Å². The number of ether oxygens (including phenoxy) is 3. The summed E-state index contributed by atoms with van der Waals surface area (Å²) >= 11 is 0. The van der Waals surface area contributed by atoms with E-state index in [1.165, 1.54) is 0 Å². The lowest BCUT2D eigenvalue weighted by Crippen LogP contribution is -2.40. The Hall–Kier alpha value is -2.89. The Morgan fingerprint density at radius 2 is 1.57 bits per heavy atom. The van der Waals surface area contributed by atoms with Crippen LogP contribution in [0.4, 0.5) is 5.69 Å². The van der Waals surface area contributed by atoms with Gasteiger partial charge in [-0.2, -0.15) is 0 Å². The zero-order chi connectivity index (χ0) is 20.5. The van der Waals surface area contributed by atoms with Crippen LogP contribution in [-0.4, -0.2) is 39.8 Å². The highest BCUT2D eigenvalue weighted by molar-refractivity contribution is 5.79. The third-order valence-corrected chi connectivity index (χ3v) is 4.54. The molecule has 0 radical (unpaired) electrons. The number of hydrogen-bond acceptors (Lipinski definition) is 5. The minimum absolute atomic E-state index is 0.0604. The van der Waals surface area contributed by atoms with E-state index in [0.29, 0.717) is 29.7 Å². The number of benzene rings is 2. The highest BCUT2D eigenvalue weighted by Crippen LogP contribution is 2.38. The highest BCUT2D eigenvalue weighted by atomic mass is 16.5. The molecule has 2 aromatic rings. The standard InChI is InChI=1S/C22H30N2O4/c1-15(2)18(24-17-9-7-6-8-10-17)14-23-21(25)13-16-11-19(26-3)22(28-5)20(12-16)27-4/h6-12,15,18,24H,13-14H2,1-5H3,(H,23,25). The van der Waals surface area contributed by atoms with Crippen molar-refractivity contribution in [1.82, 2.24) is 5.32 Å². The van der Waals surface area contributed by atoms with Gasteiger partial charge >= 0.3 is 0 Å². The van der Waals surface area contributed by atoms with Gasteiger partial charge in [-0.05, 0) is 35.7 Å². The van der Waals surface area contributed by atoms with Crippen molar-refractivity contribution in [3.05, 3.63) is 48.0 Å². The zero-order valence-electron chi connectivity index (χ0n) is 17.2. The van der Waals surface area contributed by atoms with Gasteiger partial charge in [-0.25, -0.2) is 0 Å². The zero-order valence-corrected chi connectivity index (χ0v) is 17.2. The molecule has 0 heterocycles. The van der Waals surface area contributed by atoms with Crippen molar-refractivity contribution in [2.24, 2.45) is 5.92 Å². The van der Waals surface area contributed by atoms with Gasteiger partial charge in [-0.15, -0.1) is 0 Å². The fraction of sp³-hybridized carbons (Fsp3) is 0.409. The SMILES string of the molecule is COc1cc(CC(=O)NCC(Nc2ccccc2)C(C)C)cc(OC)c1OC. The Labute approximate surface area is 167 Å². The van der Waals surface area contributed by atoms with Crippen LogP contribution >= 0.6 is 0 Å². The van der Waals surface area contributed by atoms with E-state index in [0.717, 1.165) is 11.3 Å². The molecule has 0 spiro atoms. The largest absolute Gasteiger partial charge is 0.493 e. The lowest BCUT2D eigenvalue weighted by molar-refractivity contribution is -0.120. The summed E-state index contributed by atoms with van der Waals surface area (Å²) in [6, 6.07) is 13.7. The number of carbonyl (C=O) groups is 1. The lowest BCUT2D eigenvalue weighted by atomic mass is 10.0. The van der Waals surface area contributed by atoms with Crippen LogP contribution in [0.3, 0.4) is 0 Å². The molecule has 0 bridgehead atoms. The molecule has 0 aromatic heterocycles. The van der Waals surface area contributed by atoms with Crippen LogP contribution in [0.15, 0.2) is 42.5 Å². The summed E-state index contributed by atoms with van der Waals surface area (Å²) in [6.07, 6.45) is 0.229. The van der Waals surface area contributed by atoms with E-state index >= 15 is 0 Å². The number of para-hydroxylation sites is 1. The van der Waals surface area contributed by atoms with Crippen molar-refractivity contribution in [2.45, 2.75) is 26.3 Å². The number of rotatable bonds is 10. The Bertz CT molecular complexity index is 737. The first-order valence-corrected chi connectivity index (χ1v) is 9.35. The van der Waals surface area contributed by atoms with Crippen LogP contribution in [0.2, 0.25) is 0 Å². The minimum Gasteiger partial charge on any atom is -0.493 e. The molecule has 2 N–H and O–H groups in total. The quantitative estimate of drug-likeness (QED) is 0.654. The van der Waals surface area contributed by atoms with Crippen molar-refractivity contribution in [2.75, 3.05) is 33.2 Å². The predicted octanol–water partition coefficient (Wildman–Crippen LogP) is 3.51. The molecule has 0 saturated heterocycles. The van der Waals surface area contributed by atoms with Crippen molar-refractivity contribution in [3.8, 4) is 17.2 Å². The molecule has 1 unspecified atom stereocenters. The average Bonchev–Trinajstić information content (AvgIpc) is 2.70. The number of anilines is 1. The normalized spacial score (nSPS) is 11.6. The van der Waals surface area contributed by atoms with Gasteiger partial charge in [-0.1, -0.05) is 32.0 Å². The first-order valence-electron chi connectivity index (χ1n) is 9.35. The summed E-state index contributed by atoms with van der Waals surface area (Å²) in [7, 11) is 4.67. The Balaban J connectivity index is 2.00. The summed E-state index contributed by atoms with van der Waals surface area (Å²) in [5.74, 6) is 1.89. The van der Waals surface area contributed by atoms with Crippen LogP contribution in [0, 0.1) is 5.92 Å². The van der Waals surface area contributed by atoms with Crippen LogP contribution in [0.25, 0.3) is 0 Å². The average molecular weight is 386 g/mol. The third kappa shape index (κ3) is 5.81. The molecule has 0 aliphatic carbocycles. The topological polar surface area (TPSA) is 68.8 Å². The predicted molar refractivity (Wildman–Crippen MR) is 112 cm³/mol. The molecular formula is C22H30N2O4. The molecule has 0 fully saturated rings. The van der Waals surface area contributed by atoms with E-state index in [9.17, 15) is 4.79 Å². The second-order valence-corrected chi connectivity index (χ2v) is 6.88. The van der Waals surface area contributed by atoms with Gasteiger partial charge in [0.1, 0.15) is 0 Å². The molecule has 0 aliphatic heterocycles. The van der Waals surface area contributed by atoms with Gasteiger partial charge in [0.2, 0.25) is 11.7 Å². The molecule has 152 valence electrons. The number of hydrogen-bond donors (Lipinski definition) is 2. The number of nitrogens with one attached hydrogen (secondary N) is 2. The van der Waals surface area contributed by atoms with Gasteiger partial charge in [-0.3, -0.25) is 4.79 Å². The van der Waals surface area contributed by atoms with E-state index < -0.39 is 0 Å². The summed E-state index contributed by atoms with van der Waals surface area (Å²) in [4.78, 5) is 12.5. The van der Waals surface area contributed by atoms with E-state index in [1.807, 2.05) is 30.3 Å². The van der Waals surface area contributed by atoms with Gasteiger partial charge in [0.15, 0.2) is 11.5 Å². The molecule has 1 amide bonds. The molecule has 6 nitrogen and oxygen atoms in total. The summed E-state index contributed by atoms with van der Waals surface area (Å²) in [5, 5.41) is 6.50. The molecular weight excluding hydrogens is 356 g/mol. The van der Waals surface area contributed by atoms with Crippen molar-refractivity contribution < 1.29 is 19.0 Å². The molecule has 2 aromatic carbocycles. The Morgan fingerprint density at radius 1 is 0.964 bits per heavy atom. The first kappa shape index (κ1) is 21.4. The molecule has 0 aliphatic rings. The second kappa shape index (κ2) is 10.4. The molecule has 6 heteroatoms. The van der Waals surface area contributed by atoms with E-state index in [4.69, 9.17) is 14.2 Å². The summed E-state index contributed by atoms with van der Waals surface area (Å²) in [5.41, 5.74) is 1.84. The molecule has 0 saturated carbocycles. The van der Waals surface area contributed by atoms with Crippen LogP contribution < -0.4 is 24.8 Å². The molecule has 1 atom stereocenters. The maximum absolute atomic E-state index is 12.5.